The van der Waals surface area contributed by atoms with Gasteiger partial charge in [-0.1, -0.05) is 0 Å². The summed E-state index contributed by atoms with van der Waals surface area (Å²) in [5.74, 6) is -0.823. The Balaban J connectivity index is 2.15. The third kappa shape index (κ3) is 2.78. The number of nitrogen functional groups attached to an aromatic ring is 1. The lowest BCUT2D eigenvalue weighted by molar-refractivity contribution is 0.556. The molecular weight excluding hydrogens is 275 g/mol. The first-order chi connectivity index (χ1) is 8.38. The lowest BCUT2D eigenvalue weighted by Crippen LogP contribution is -2.32. The smallest absolute Gasteiger partial charge is 0.243 e. The average Bonchev–Trinajstić information content (AvgIpc) is 3.07. The largest absolute Gasteiger partial charge is 0.399 e. The normalized spacial score (nSPS) is 17.7. The Morgan fingerprint density at radius 3 is 2.67 bits per heavy atom. The molecule has 0 radical (unpaired) electrons. The molecule has 0 amide bonds. The molecule has 100 valence electrons. The van der Waals surface area contributed by atoms with E-state index in [-0.39, 0.29) is 15.3 Å². The molecule has 2 rings (SSSR count). The summed E-state index contributed by atoms with van der Waals surface area (Å²) in [7, 11) is -3.80. The molecule has 4 nitrogen and oxygen atoms in total. The average molecular weight is 290 g/mol. The van der Waals surface area contributed by atoms with Crippen molar-refractivity contribution in [3.63, 3.8) is 0 Å². The van der Waals surface area contributed by atoms with Gasteiger partial charge in [-0.3, -0.25) is 0 Å². The Hall–Kier alpha value is -0.790. The topological polar surface area (TPSA) is 72.2 Å². The highest BCUT2D eigenvalue weighted by Gasteiger charge is 2.42. The van der Waals surface area contributed by atoms with Crippen molar-refractivity contribution < 1.29 is 12.8 Å². The molecule has 0 atom stereocenters. The molecule has 3 N–H and O–H groups in total. The zero-order valence-electron chi connectivity index (χ0n) is 9.94. The SMILES string of the molecule is CSC1(CNS(=O)(=O)c2ccc(N)cc2F)CC1. The molecule has 0 spiro atoms. The molecule has 1 aliphatic carbocycles. The van der Waals surface area contributed by atoms with E-state index in [1.54, 1.807) is 11.8 Å². The fraction of sp³-hybridized carbons (Fsp3) is 0.455. The number of rotatable bonds is 5. The number of hydrogen-bond donors (Lipinski definition) is 2. The van der Waals surface area contributed by atoms with Gasteiger partial charge in [0.2, 0.25) is 10.0 Å². The van der Waals surface area contributed by atoms with Gasteiger partial charge in [-0.2, -0.15) is 11.8 Å². The van der Waals surface area contributed by atoms with Crippen LogP contribution in [0.2, 0.25) is 0 Å². The van der Waals surface area contributed by atoms with E-state index in [0.29, 0.717) is 6.54 Å². The Morgan fingerprint density at radius 2 is 2.17 bits per heavy atom. The summed E-state index contributed by atoms with van der Waals surface area (Å²) in [6.07, 6.45) is 3.92. The van der Waals surface area contributed by atoms with Gasteiger partial charge in [0.1, 0.15) is 10.7 Å². The maximum absolute atomic E-state index is 13.6. The first-order valence-electron chi connectivity index (χ1n) is 5.48. The van der Waals surface area contributed by atoms with Crippen molar-refractivity contribution in [2.45, 2.75) is 22.5 Å². The molecule has 1 saturated carbocycles. The van der Waals surface area contributed by atoms with Crippen LogP contribution in [0.1, 0.15) is 12.8 Å². The van der Waals surface area contributed by atoms with Crippen LogP contribution in [0, 0.1) is 5.82 Å². The quantitative estimate of drug-likeness (QED) is 0.808. The fourth-order valence-corrected chi connectivity index (χ4v) is 3.63. The minimum absolute atomic E-state index is 0.00262. The van der Waals surface area contributed by atoms with Crippen molar-refractivity contribution in [2.24, 2.45) is 0 Å². The van der Waals surface area contributed by atoms with E-state index >= 15 is 0 Å². The monoisotopic (exact) mass is 290 g/mol. The van der Waals surface area contributed by atoms with Gasteiger partial charge in [0, 0.05) is 17.0 Å². The van der Waals surface area contributed by atoms with E-state index in [1.165, 1.54) is 12.1 Å². The van der Waals surface area contributed by atoms with E-state index in [2.05, 4.69) is 4.72 Å². The maximum atomic E-state index is 13.6. The highest BCUT2D eigenvalue weighted by atomic mass is 32.2. The molecule has 7 heteroatoms. The van der Waals surface area contributed by atoms with Gasteiger partial charge < -0.3 is 5.73 Å². The molecule has 0 bridgehead atoms. The summed E-state index contributed by atoms with van der Waals surface area (Å²) >= 11 is 1.64. The molecular formula is C11H15FN2O2S2. The van der Waals surface area contributed by atoms with E-state index in [4.69, 9.17) is 5.73 Å². The number of sulfonamides is 1. The van der Waals surface area contributed by atoms with Crippen LogP contribution in [0.25, 0.3) is 0 Å². The standard InChI is InChI=1S/C11H15FN2O2S2/c1-17-11(4-5-11)7-14-18(15,16)10-3-2-8(13)6-9(10)12/h2-3,6,14H,4-5,7,13H2,1H3. The first kappa shape index (κ1) is 13.6. The number of benzene rings is 1. The van der Waals surface area contributed by atoms with E-state index in [1.807, 2.05) is 6.26 Å². The molecule has 1 aromatic carbocycles. The van der Waals surface area contributed by atoms with Gasteiger partial charge in [0.15, 0.2) is 0 Å². The van der Waals surface area contributed by atoms with Crippen LogP contribution < -0.4 is 10.5 Å². The Labute approximate surface area is 110 Å². The number of nitrogens with one attached hydrogen (secondary N) is 1. The summed E-state index contributed by atoms with van der Waals surface area (Å²) in [5, 5.41) is 0. The van der Waals surface area contributed by atoms with Gasteiger partial charge in [-0.25, -0.2) is 17.5 Å². The van der Waals surface area contributed by atoms with E-state index < -0.39 is 15.8 Å². The highest BCUT2D eigenvalue weighted by molar-refractivity contribution is 8.00. The summed E-state index contributed by atoms with van der Waals surface area (Å²) in [5.41, 5.74) is 5.59. The number of anilines is 1. The number of hydrogen-bond acceptors (Lipinski definition) is 4. The lowest BCUT2D eigenvalue weighted by atomic mass is 10.3. The molecule has 0 unspecified atom stereocenters. The van der Waals surface area contributed by atoms with Crippen LogP contribution in [0.5, 0.6) is 0 Å². The third-order valence-corrected chi connectivity index (χ3v) is 5.92. The van der Waals surface area contributed by atoms with Gasteiger partial charge >= 0.3 is 0 Å². The van der Waals surface area contributed by atoms with Crippen molar-refractivity contribution in [1.29, 1.82) is 0 Å². The second-order valence-corrected chi connectivity index (χ2v) is 7.41. The number of halogens is 1. The van der Waals surface area contributed by atoms with Crippen LogP contribution in [0.15, 0.2) is 23.1 Å². The van der Waals surface area contributed by atoms with E-state index in [9.17, 15) is 12.8 Å². The minimum Gasteiger partial charge on any atom is -0.399 e. The minimum atomic E-state index is -3.80. The molecule has 18 heavy (non-hydrogen) atoms. The van der Waals surface area contributed by atoms with E-state index in [0.717, 1.165) is 18.9 Å². The predicted octanol–water partition coefficient (Wildman–Crippen LogP) is 1.58. The number of nitrogens with two attached hydrogens (primary N) is 1. The Morgan fingerprint density at radius 1 is 1.50 bits per heavy atom. The molecule has 1 aromatic rings. The molecule has 0 saturated heterocycles. The predicted molar refractivity (Wildman–Crippen MR) is 71.5 cm³/mol. The third-order valence-electron chi connectivity index (χ3n) is 3.07. The van der Waals surface area contributed by atoms with Gasteiger partial charge in [-0.05, 0) is 37.3 Å². The van der Waals surface area contributed by atoms with Gasteiger partial charge in [0.25, 0.3) is 0 Å². The maximum Gasteiger partial charge on any atom is 0.243 e. The van der Waals surface area contributed by atoms with Crippen molar-refractivity contribution in [1.82, 2.24) is 4.72 Å². The van der Waals surface area contributed by atoms with Crippen LogP contribution in [-0.4, -0.2) is 26.0 Å². The molecule has 1 aliphatic rings. The summed E-state index contributed by atoms with van der Waals surface area (Å²) in [6.45, 7) is 0.334. The highest BCUT2D eigenvalue weighted by Crippen LogP contribution is 2.46. The number of thioether (sulfide) groups is 1. The van der Waals surface area contributed by atoms with Gasteiger partial charge in [0.05, 0.1) is 0 Å². The van der Waals surface area contributed by atoms with Crippen LogP contribution in [0.3, 0.4) is 0 Å². The van der Waals surface area contributed by atoms with Gasteiger partial charge in [-0.15, -0.1) is 0 Å². The van der Waals surface area contributed by atoms with Crippen molar-refractivity contribution in [3.05, 3.63) is 24.0 Å². The zero-order chi connectivity index (χ0) is 13.4. The zero-order valence-corrected chi connectivity index (χ0v) is 11.6. The molecule has 0 aromatic heterocycles. The fourth-order valence-electron chi connectivity index (χ4n) is 1.63. The second kappa shape index (κ2) is 4.71. The first-order valence-corrected chi connectivity index (χ1v) is 8.19. The molecule has 1 fully saturated rings. The molecule has 0 heterocycles. The van der Waals surface area contributed by atoms with Crippen molar-refractivity contribution >= 4 is 27.5 Å². The lowest BCUT2D eigenvalue weighted by Gasteiger charge is -2.13. The summed E-state index contributed by atoms with van der Waals surface area (Å²) in [6, 6.07) is 3.57. The second-order valence-electron chi connectivity index (χ2n) is 4.40. The van der Waals surface area contributed by atoms with Crippen LogP contribution >= 0.6 is 11.8 Å². The van der Waals surface area contributed by atoms with Crippen LogP contribution in [0.4, 0.5) is 10.1 Å². The Kier molecular flexibility index (Phi) is 3.57. The van der Waals surface area contributed by atoms with Crippen molar-refractivity contribution in [2.75, 3.05) is 18.5 Å². The molecule has 0 aliphatic heterocycles. The Bertz CT molecular complexity index is 556. The summed E-state index contributed by atoms with van der Waals surface area (Å²) < 4.78 is 39.9. The summed E-state index contributed by atoms with van der Waals surface area (Å²) in [4.78, 5) is -0.353. The van der Waals surface area contributed by atoms with Crippen LogP contribution in [-0.2, 0) is 10.0 Å². The van der Waals surface area contributed by atoms with Crippen molar-refractivity contribution in [3.8, 4) is 0 Å².